The zero-order valence-corrected chi connectivity index (χ0v) is 19.2. The molecular formula is C22H19F3N6O3S. The number of nitrogens with two attached hydrogens (primary N) is 1. The number of carbonyl (C=O) groups is 1. The predicted molar refractivity (Wildman–Crippen MR) is 121 cm³/mol. The fourth-order valence-corrected chi connectivity index (χ4v) is 4.76. The first-order valence-electron chi connectivity index (χ1n) is 10.2. The first-order chi connectivity index (χ1) is 16.4. The maximum absolute atomic E-state index is 12.8. The van der Waals surface area contributed by atoms with Crippen molar-refractivity contribution in [2.75, 3.05) is 0 Å². The number of fused-ring (bicyclic) bond motifs is 1. The number of alkyl halides is 3. The molecule has 0 aliphatic carbocycles. The van der Waals surface area contributed by atoms with Crippen molar-refractivity contribution in [3.8, 4) is 17.2 Å². The third-order valence-corrected chi connectivity index (χ3v) is 6.79. The summed E-state index contributed by atoms with van der Waals surface area (Å²) in [5.74, 6) is -0.402. The van der Waals surface area contributed by atoms with Gasteiger partial charge >= 0.3 is 6.18 Å². The van der Waals surface area contributed by atoms with E-state index in [-0.39, 0.29) is 17.0 Å². The SMILES string of the molecule is Cc1ccc2c(c1)c(C(N)=O)c(-c1ccc(S(=O)(=O)N[C@@H](C)C(F)(F)F)cn1)n2-c1cnccn1. The number of aromatic nitrogens is 4. The molecule has 3 heterocycles. The number of hydrogen-bond acceptors (Lipinski definition) is 6. The van der Waals surface area contributed by atoms with Gasteiger partial charge in [-0.15, -0.1) is 0 Å². The number of sulfonamides is 1. The van der Waals surface area contributed by atoms with Gasteiger partial charge in [-0.1, -0.05) is 11.6 Å². The third-order valence-electron chi connectivity index (χ3n) is 5.26. The molecule has 4 aromatic rings. The van der Waals surface area contributed by atoms with Crippen LogP contribution >= 0.6 is 0 Å². The van der Waals surface area contributed by atoms with E-state index in [9.17, 15) is 26.4 Å². The quantitative estimate of drug-likeness (QED) is 0.415. The second-order valence-corrected chi connectivity index (χ2v) is 9.49. The van der Waals surface area contributed by atoms with Crippen molar-refractivity contribution in [1.29, 1.82) is 0 Å². The normalized spacial score (nSPS) is 13.2. The Hall–Kier alpha value is -3.84. The number of rotatable bonds is 6. The zero-order chi connectivity index (χ0) is 25.5. The Bertz CT molecular complexity index is 1520. The molecular weight excluding hydrogens is 485 g/mol. The van der Waals surface area contributed by atoms with Gasteiger partial charge in [-0.05, 0) is 38.1 Å². The van der Waals surface area contributed by atoms with Gasteiger partial charge in [-0.25, -0.2) is 13.4 Å². The molecule has 9 nitrogen and oxygen atoms in total. The van der Waals surface area contributed by atoms with E-state index in [0.29, 0.717) is 23.6 Å². The van der Waals surface area contributed by atoms with Crippen molar-refractivity contribution < 1.29 is 26.4 Å². The third kappa shape index (κ3) is 4.59. The molecule has 3 aromatic heterocycles. The Balaban J connectivity index is 1.90. The number of aryl methyl sites for hydroxylation is 1. The second-order valence-electron chi connectivity index (χ2n) is 7.77. The van der Waals surface area contributed by atoms with Crippen molar-refractivity contribution in [1.82, 2.24) is 24.2 Å². The fraction of sp³-hybridized carbons (Fsp3) is 0.182. The molecule has 0 fully saturated rings. The van der Waals surface area contributed by atoms with Gasteiger partial charge in [0.05, 0.1) is 28.7 Å². The molecule has 0 aliphatic rings. The Morgan fingerprint density at radius 1 is 1.11 bits per heavy atom. The molecule has 3 N–H and O–H groups in total. The van der Waals surface area contributed by atoms with E-state index in [1.54, 1.807) is 21.4 Å². The Morgan fingerprint density at radius 3 is 2.43 bits per heavy atom. The summed E-state index contributed by atoms with van der Waals surface area (Å²) in [5.41, 5.74) is 7.69. The van der Waals surface area contributed by atoms with E-state index >= 15 is 0 Å². The maximum Gasteiger partial charge on any atom is 0.404 e. The van der Waals surface area contributed by atoms with Crippen LogP contribution in [0.2, 0.25) is 0 Å². The van der Waals surface area contributed by atoms with Crippen LogP contribution in [0, 0.1) is 6.92 Å². The van der Waals surface area contributed by atoms with Crippen LogP contribution in [0.25, 0.3) is 28.1 Å². The van der Waals surface area contributed by atoms with E-state index in [4.69, 9.17) is 5.73 Å². The van der Waals surface area contributed by atoms with Crippen LogP contribution in [0.1, 0.15) is 22.8 Å². The molecule has 182 valence electrons. The van der Waals surface area contributed by atoms with E-state index in [1.807, 2.05) is 13.0 Å². The van der Waals surface area contributed by atoms with Crippen LogP contribution in [-0.2, 0) is 10.0 Å². The summed E-state index contributed by atoms with van der Waals surface area (Å²) < 4.78 is 66.6. The van der Waals surface area contributed by atoms with Crippen LogP contribution in [-0.4, -0.2) is 46.1 Å². The molecule has 0 bridgehead atoms. The van der Waals surface area contributed by atoms with Gasteiger partial charge in [0.2, 0.25) is 10.0 Å². The lowest BCUT2D eigenvalue weighted by atomic mass is 10.1. The lowest BCUT2D eigenvalue weighted by molar-refractivity contribution is -0.147. The Labute approximate surface area is 197 Å². The van der Waals surface area contributed by atoms with Crippen molar-refractivity contribution in [2.24, 2.45) is 5.73 Å². The van der Waals surface area contributed by atoms with Crippen LogP contribution in [0.3, 0.4) is 0 Å². The van der Waals surface area contributed by atoms with Gasteiger partial charge in [-0.2, -0.15) is 17.9 Å². The van der Waals surface area contributed by atoms with Crippen molar-refractivity contribution in [3.63, 3.8) is 0 Å². The van der Waals surface area contributed by atoms with E-state index in [1.165, 1.54) is 24.7 Å². The lowest BCUT2D eigenvalue weighted by Crippen LogP contribution is -2.42. The smallest absolute Gasteiger partial charge is 0.366 e. The number of benzene rings is 1. The molecule has 0 unspecified atom stereocenters. The van der Waals surface area contributed by atoms with Crippen molar-refractivity contribution in [3.05, 3.63) is 66.2 Å². The highest BCUT2D eigenvalue weighted by molar-refractivity contribution is 7.89. The topological polar surface area (TPSA) is 133 Å². The highest BCUT2D eigenvalue weighted by Gasteiger charge is 2.39. The number of amides is 1. The second kappa shape index (κ2) is 8.74. The van der Waals surface area contributed by atoms with Crippen LogP contribution in [0.4, 0.5) is 13.2 Å². The molecule has 13 heteroatoms. The monoisotopic (exact) mass is 504 g/mol. The highest BCUT2D eigenvalue weighted by atomic mass is 32.2. The number of halogens is 3. The molecule has 1 aromatic carbocycles. The van der Waals surface area contributed by atoms with Crippen LogP contribution in [0.5, 0.6) is 0 Å². The molecule has 1 amide bonds. The number of hydrogen-bond donors (Lipinski definition) is 2. The summed E-state index contributed by atoms with van der Waals surface area (Å²) in [6, 6.07) is 5.47. The number of carbonyl (C=O) groups excluding carboxylic acids is 1. The van der Waals surface area contributed by atoms with Gasteiger partial charge in [0.15, 0.2) is 5.82 Å². The minimum Gasteiger partial charge on any atom is -0.366 e. The molecule has 0 radical (unpaired) electrons. The molecule has 0 aliphatic heterocycles. The van der Waals surface area contributed by atoms with Crippen molar-refractivity contribution in [2.45, 2.75) is 31.0 Å². The number of primary amides is 1. The molecule has 4 rings (SSSR count). The van der Waals surface area contributed by atoms with E-state index in [0.717, 1.165) is 17.8 Å². The first kappa shape index (κ1) is 24.3. The first-order valence-corrected chi connectivity index (χ1v) is 11.6. The van der Waals surface area contributed by atoms with Gasteiger partial charge in [-0.3, -0.25) is 19.3 Å². The Morgan fingerprint density at radius 2 is 1.86 bits per heavy atom. The number of nitrogens with zero attached hydrogens (tertiary/aromatic N) is 4. The summed E-state index contributed by atoms with van der Waals surface area (Å²) in [4.78, 5) is 24.6. The minimum absolute atomic E-state index is 0.126. The minimum atomic E-state index is -4.76. The molecule has 0 saturated heterocycles. The molecule has 0 saturated carbocycles. The fourth-order valence-electron chi connectivity index (χ4n) is 3.59. The summed E-state index contributed by atoms with van der Waals surface area (Å²) in [5, 5.41) is 0.525. The van der Waals surface area contributed by atoms with Gasteiger partial charge in [0.1, 0.15) is 10.9 Å². The summed E-state index contributed by atoms with van der Waals surface area (Å²) >= 11 is 0. The van der Waals surface area contributed by atoms with Gasteiger partial charge < -0.3 is 5.73 Å². The van der Waals surface area contributed by atoms with Crippen LogP contribution in [0.15, 0.2) is 60.0 Å². The standard InChI is InChI=1S/C22H19F3N6O3S/c1-12-3-6-17-15(9-12)19(21(26)32)20(31(17)18-11-27-7-8-28-18)16-5-4-14(10-29-16)35(33,34)30-13(2)22(23,24)25/h3-11,13,30H,1-2H3,(H2,26,32)/t13-/m0/s1. The van der Waals surface area contributed by atoms with Crippen molar-refractivity contribution >= 4 is 26.8 Å². The summed E-state index contributed by atoms with van der Waals surface area (Å²) in [6.07, 6.45) is 0.553. The average Bonchev–Trinajstić information content (AvgIpc) is 3.13. The average molecular weight is 504 g/mol. The lowest BCUT2D eigenvalue weighted by Gasteiger charge is -2.17. The molecule has 0 spiro atoms. The maximum atomic E-state index is 12.8. The van der Waals surface area contributed by atoms with Gasteiger partial charge in [0.25, 0.3) is 5.91 Å². The van der Waals surface area contributed by atoms with Crippen LogP contribution < -0.4 is 10.5 Å². The summed E-state index contributed by atoms with van der Waals surface area (Å²) in [6.45, 7) is 2.54. The van der Waals surface area contributed by atoms with E-state index in [2.05, 4.69) is 15.0 Å². The largest absolute Gasteiger partial charge is 0.404 e. The summed E-state index contributed by atoms with van der Waals surface area (Å²) in [7, 11) is -4.51. The Kier molecular flexibility index (Phi) is 6.07. The molecule has 1 atom stereocenters. The number of pyridine rings is 1. The van der Waals surface area contributed by atoms with Gasteiger partial charge in [0, 0.05) is 24.0 Å². The number of nitrogens with one attached hydrogen (secondary N) is 1. The predicted octanol–water partition coefficient (Wildman–Crippen LogP) is 3.12. The molecule has 35 heavy (non-hydrogen) atoms. The highest BCUT2D eigenvalue weighted by Crippen LogP contribution is 2.35. The zero-order valence-electron chi connectivity index (χ0n) is 18.4. The van der Waals surface area contributed by atoms with E-state index < -0.39 is 33.0 Å².